The van der Waals surface area contributed by atoms with Gasteiger partial charge in [-0.2, -0.15) is 0 Å². The fraction of sp³-hybridized carbons (Fsp3) is 0.200. The molecule has 1 N–H and O–H groups in total. The van der Waals surface area contributed by atoms with E-state index in [9.17, 15) is 9.59 Å². The topological polar surface area (TPSA) is 58.6 Å². The van der Waals surface area contributed by atoms with Gasteiger partial charge in [0.2, 0.25) is 5.91 Å². The van der Waals surface area contributed by atoms with E-state index in [0.717, 1.165) is 29.7 Å². The normalized spacial score (nSPS) is 13.8. The SMILES string of the molecule is COc1cc(NC(=O)c2ccc(-c3ccccc3)cc2)ccc1N1CCCCC1=O. The number of benzene rings is 3. The van der Waals surface area contributed by atoms with Crippen LogP contribution in [-0.2, 0) is 4.79 Å². The van der Waals surface area contributed by atoms with E-state index in [1.165, 1.54) is 0 Å². The van der Waals surface area contributed by atoms with Crippen molar-refractivity contribution in [3.63, 3.8) is 0 Å². The Balaban J connectivity index is 1.49. The molecule has 0 atom stereocenters. The number of anilines is 2. The molecule has 1 saturated heterocycles. The standard InChI is InChI=1S/C25H24N2O3/c1-30-23-17-21(14-15-22(23)27-16-6-5-9-24(27)28)26-25(29)20-12-10-19(11-13-20)18-7-3-2-4-8-18/h2-4,7-8,10-15,17H,5-6,9,16H2,1H3,(H,26,29). The second kappa shape index (κ2) is 8.82. The van der Waals surface area contributed by atoms with Crippen molar-refractivity contribution in [1.29, 1.82) is 0 Å². The summed E-state index contributed by atoms with van der Waals surface area (Å²) in [5.74, 6) is 0.482. The molecule has 0 spiro atoms. The number of carbonyl (C=O) groups is 2. The number of ether oxygens (including phenoxy) is 1. The molecule has 0 aromatic heterocycles. The molecule has 0 saturated carbocycles. The van der Waals surface area contributed by atoms with Crippen LogP contribution in [0.25, 0.3) is 11.1 Å². The summed E-state index contributed by atoms with van der Waals surface area (Å²) in [7, 11) is 1.57. The van der Waals surface area contributed by atoms with Crippen LogP contribution < -0.4 is 15.0 Å². The minimum Gasteiger partial charge on any atom is -0.494 e. The van der Waals surface area contributed by atoms with Crippen LogP contribution >= 0.6 is 0 Å². The molecule has 1 aliphatic rings. The summed E-state index contributed by atoms with van der Waals surface area (Å²) in [6.45, 7) is 0.689. The van der Waals surface area contributed by atoms with Crippen LogP contribution in [0.4, 0.5) is 11.4 Å². The van der Waals surface area contributed by atoms with E-state index in [0.29, 0.717) is 30.0 Å². The Labute approximate surface area is 176 Å². The fourth-order valence-electron chi connectivity index (χ4n) is 3.69. The summed E-state index contributed by atoms with van der Waals surface area (Å²) in [5.41, 5.74) is 4.11. The van der Waals surface area contributed by atoms with Gasteiger partial charge in [0.15, 0.2) is 0 Å². The number of amides is 2. The molecule has 3 aromatic rings. The lowest BCUT2D eigenvalue weighted by atomic mass is 10.0. The van der Waals surface area contributed by atoms with Gasteiger partial charge < -0.3 is 15.0 Å². The Kier molecular flexibility index (Phi) is 5.80. The molecule has 0 bridgehead atoms. The van der Waals surface area contributed by atoms with Gasteiger partial charge in [0, 0.05) is 30.3 Å². The van der Waals surface area contributed by atoms with Crippen LogP contribution in [0.2, 0.25) is 0 Å². The number of nitrogens with zero attached hydrogens (tertiary/aromatic N) is 1. The molecule has 5 heteroatoms. The Morgan fingerprint density at radius 2 is 1.67 bits per heavy atom. The predicted octanol–water partition coefficient (Wildman–Crippen LogP) is 5.13. The molecular formula is C25H24N2O3. The summed E-state index contributed by atoms with van der Waals surface area (Å²) >= 11 is 0. The third kappa shape index (κ3) is 4.20. The van der Waals surface area contributed by atoms with E-state index < -0.39 is 0 Å². The largest absolute Gasteiger partial charge is 0.494 e. The van der Waals surface area contributed by atoms with E-state index in [4.69, 9.17) is 4.74 Å². The first kappa shape index (κ1) is 19.7. The van der Waals surface area contributed by atoms with Crippen molar-refractivity contribution in [2.45, 2.75) is 19.3 Å². The number of nitrogens with one attached hydrogen (secondary N) is 1. The third-order valence-corrected chi connectivity index (χ3v) is 5.31. The second-order valence-electron chi connectivity index (χ2n) is 7.29. The quantitative estimate of drug-likeness (QED) is 0.646. The van der Waals surface area contributed by atoms with Gasteiger partial charge in [-0.25, -0.2) is 0 Å². The van der Waals surface area contributed by atoms with Crippen LogP contribution in [0.3, 0.4) is 0 Å². The Morgan fingerprint density at radius 1 is 0.933 bits per heavy atom. The van der Waals surface area contributed by atoms with Gasteiger partial charge in [-0.05, 0) is 48.2 Å². The zero-order chi connectivity index (χ0) is 20.9. The maximum Gasteiger partial charge on any atom is 0.255 e. The molecular weight excluding hydrogens is 376 g/mol. The van der Waals surface area contributed by atoms with Gasteiger partial charge in [0.05, 0.1) is 12.8 Å². The van der Waals surface area contributed by atoms with E-state index in [1.807, 2.05) is 60.7 Å². The highest BCUT2D eigenvalue weighted by Crippen LogP contribution is 2.33. The highest BCUT2D eigenvalue weighted by Gasteiger charge is 2.22. The molecule has 1 heterocycles. The number of rotatable bonds is 5. The maximum atomic E-state index is 12.7. The molecule has 1 fully saturated rings. The van der Waals surface area contributed by atoms with Crippen LogP contribution in [0.15, 0.2) is 72.8 Å². The van der Waals surface area contributed by atoms with Crippen LogP contribution in [0.1, 0.15) is 29.6 Å². The van der Waals surface area contributed by atoms with E-state index in [2.05, 4.69) is 5.32 Å². The Bertz CT molecular complexity index is 1050. The first-order chi connectivity index (χ1) is 14.7. The third-order valence-electron chi connectivity index (χ3n) is 5.31. The molecule has 30 heavy (non-hydrogen) atoms. The molecule has 5 nitrogen and oxygen atoms in total. The van der Waals surface area contributed by atoms with Crippen molar-refractivity contribution in [3.05, 3.63) is 78.4 Å². The Hall–Kier alpha value is -3.60. The summed E-state index contributed by atoms with van der Waals surface area (Å²) in [6.07, 6.45) is 2.46. The number of carbonyl (C=O) groups excluding carboxylic acids is 2. The molecule has 0 aliphatic carbocycles. The van der Waals surface area contributed by atoms with Gasteiger partial charge >= 0.3 is 0 Å². The van der Waals surface area contributed by atoms with Crippen molar-refractivity contribution in [2.75, 3.05) is 23.9 Å². The number of hydrogen-bond donors (Lipinski definition) is 1. The van der Waals surface area contributed by atoms with Crippen LogP contribution in [-0.4, -0.2) is 25.5 Å². The van der Waals surface area contributed by atoms with Crippen molar-refractivity contribution in [3.8, 4) is 16.9 Å². The number of hydrogen-bond acceptors (Lipinski definition) is 3. The summed E-state index contributed by atoms with van der Waals surface area (Å²) in [4.78, 5) is 26.7. The molecule has 152 valence electrons. The molecule has 2 amide bonds. The molecule has 0 unspecified atom stereocenters. The highest BCUT2D eigenvalue weighted by atomic mass is 16.5. The first-order valence-electron chi connectivity index (χ1n) is 10.1. The summed E-state index contributed by atoms with van der Waals surface area (Å²) in [5, 5.41) is 2.91. The average molecular weight is 400 g/mol. The van der Waals surface area contributed by atoms with Crippen molar-refractivity contribution >= 4 is 23.2 Å². The van der Waals surface area contributed by atoms with E-state index in [1.54, 1.807) is 24.1 Å². The second-order valence-corrected chi connectivity index (χ2v) is 7.29. The van der Waals surface area contributed by atoms with Gasteiger partial charge in [-0.1, -0.05) is 42.5 Å². The van der Waals surface area contributed by atoms with Gasteiger partial charge in [0.25, 0.3) is 5.91 Å². The zero-order valence-electron chi connectivity index (χ0n) is 16.9. The fourth-order valence-corrected chi connectivity index (χ4v) is 3.69. The molecule has 1 aliphatic heterocycles. The van der Waals surface area contributed by atoms with Gasteiger partial charge in [-0.15, -0.1) is 0 Å². The number of methoxy groups -OCH3 is 1. The van der Waals surface area contributed by atoms with Crippen molar-refractivity contribution in [2.24, 2.45) is 0 Å². The molecule has 3 aromatic carbocycles. The van der Waals surface area contributed by atoms with E-state index in [-0.39, 0.29) is 11.8 Å². The highest BCUT2D eigenvalue weighted by molar-refractivity contribution is 6.05. The van der Waals surface area contributed by atoms with Gasteiger partial charge in [-0.3, -0.25) is 9.59 Å². The molecule has 4 rings (SSSR count). The molecule has 0 radical (unpaired) electrons. The lowest BCUT2D eigenvalue weighted by molar-refractivity contribution is -0.119. The zero-order valence-corrected chi connectivity index (χ0v) is 16.9. The van der Waals surface area contributed by atoms with Crippen LogP contribution in [0.5, 0.6) is 5.75 Å². The lowest BCUT2D eigenvalue weighted by Gasteiger charge is -2.28. The minimum atomic E-state index is -0.196. The number of piperidine rings is 1. The smallest absolute Gasteiger partial charge is 0.255 e. The summed E-state index contributed by atoms with van der Waals surface area (Å²) < 4.78 is 5.49. The lowest BCUT2D eigenvalue weighted by Crippen LogP contribution is -2.35. The monoisotopic (exact) mass is 400 g/mol. The maximum absolute atomic E-state index is 12.7. The van der Waals surface area contributed by atoms with Gasteiger partial charge in [0.1, 0.15) is 5.75 Å². The minimum absolute atomic E-state index is 0.106. The van der Waals surface area contributed by atoms with Crippen LogP contribution in [0, 0.1) is 0 Å². The Morgan fingerprint density at radius 3 is 2.37 bits per heavy atom. The van der Waals surface area contributed by atoms with Crippen molar-refractivity contribution in [1.82, 2.24) is 0 Å². The van der Waals surface area contributed by atoms with Crippen molar-refractivity contribution < 1.29 is 14.3 Å². The summed E-state index contributed by atoms with van der Waals surface area (Å²) in [6, 6.07) is 22.9. The predicted molar refractivity (Wildman–Crippen MR) is 119 cm³/mol. The first-order valence-corrected chi connectivity index (χ1v) is 10.1. The van der Waals surface area contributed by atoms with E-state index >= 15 is 0 Å². The average Bonchev–Trinajstić information content (AvgIpc) is 2.80.